The summed E-state index contributed by atoms with van der Waals surface area (Å²) in [4.78, 5) is 28.0. The van der Waals surface area contributed by atoms with Crippen LogP contribution in [0.2, 0.25) is 5.02 Å². The highest BCUT2D eigenvalue weighted by Gasteiger charge is 2.51. The summed E-state index contributed by atoms with van der Waals surface area (Å²) in [5.74, 6) is 0.0509. The molecular formula is C33H34ClNO7S. The van der Waals surface area contributed by atoms with Crippen LogP contribution in [0.4, 0.5) is 0 Å². The average Bonchev–Trinajstić information content (AvgIpc) is 3.22. The molecule has 0 aliphatic carbocycles. The minimum absolute atomic E-state index is 0.0366. The van der Waals surface area contributed by atoms with Crippen LogP contribution in [-0.4, -0.2) is 62.4 Å². The lowest BCUT2D eigenvalue weighted by molar-refractivity contribution is -0.152. The minimum atomic E-state index is -3.41. The third-order valence-electron chi connectivity index (χ3n) is 8.26. The van der Waals surface area contributed by atoms with Crippen molar-refractivity contribution in [2.24, 2.45) is 0 Å². The zero-order chi connectivity index (χ0) is 30.9. The Balaban J connectivity index is 1.28. The molecule has 8 nitrogen and oxygen atoms in total. The van der Waals surface area contributed by atoms with E-state index in [4.69, 9.17) is 21.1 Å². The number of rotatable bonds is 8. The first-order valence-electron chi connectivity index (χ1n) is 14.1. The number of carbonyl (C=O) groups excluding carboxylic acids is 2. The van der Waals surface area contributed by atoms with Crippen molar-refractivity contribution in [1.82, 2.24) is 4.90 Å². The molecule has 1 saturated heterocycles. The molecule has 0 radical (unpaired) electrons. The van der Waals surface area contributed by atoms with Crippen LogP contribution in [0.1, 0.15) is 42.4 Å². The van der Waals surface area contributed by atoms with E-state index < -0.39 is 21.4 Å². The Bertz CT molecular complexity index is 1710. The first kappa shape index (κ1) is 30.6. The summed E-state index contributed by atoms with van der Waals surface area (Å²) in [6, 6.07) is 17.7. The summed E-state index contributed by atoms with van der Waals surface area (Å²) >= 11 is 6.65. The molecule has 0 atom stereocenters. The first-order chi connectivity index (χ1) is 20.4. The molecule has 2 heterocycles. The van der Waals surface area contributed by atoms with E-state index in [1.165, 1.54) is 6.07 Å². The van der Waals surface area contributed by atoms with Crippen LogP contribution in [0.25, 0.3) is 16.7 Å². The van der Waals surface area contributed by atoms with E-state index in [9.17, 15) is 23.1 Å². The molecule has 1 amide bonds. The molecule has 2 aliphatic rings. The summed E-state index contributed by atoms with van der Waals surface area (Å²) in [5, 5.41) is 11.7. The fourth-order valence-electron chi connectivity index (χ4n) is 5.76. The molecule has 1 spiro atoms. The Kier molecular flexibility index (Phi) is 8.58. The number of likely N-dealkylation sites (tertiary alicyclic amines) is 1. The van der Waals surface area contributed by atoms with Crippen molar-refractivity contribution >= 4 is 38.9 Å². The number of aliphatic hydroxyl groups excluding tert-OH is 1. The van der Waals surface area contributed by atoms with Gasteiger partial charge in [0.1, 0.15) is 11.3 Å². The molecule has 1 fully saturated rings. The molecule has 0 unspecified atom stereocenters. The second-order valence-electron chi connectivity index (χ2n) is 11.1. The summed E-state index contributed by atoms with van der Waals surface area (Å²) < 4.78 is 35.1. The number of methoxy groups -OCH3 is 1. The Labute approximate surface area is 256 Å². The largest absolute Gasteiger partial charge is 0.507 e. The van der Waals surface area contributed by atoms with E-state index in [0.29, 0.717) is 66.0 Å². The standard InChI is InChI=1S/C33H34ClNO7S/c1-21-18-27(23-7-5-8-25(19-23)43(3,39)40)28(34)20-26(21)30-31(37)33(42-32(30)38)14-16-35(17-15-33)29(36)9-4-6-22-10-12-24(41-2)13-11-22/h5,7-8,10-13,18-20,37H,4,6,9,14-17H2,1-3H3. The monoisotopic (exact) mass is 623 g/mol. The summed E-state index contributed by atoms with van der Waals surface area (Å²) in [5.41, 5.74) is 2.36. The van der Waals surface area contributed by atoms with Crippen LogP contribution in [0.5, 0.6) is 5.75 Å². The van der Waals surface area contributed by atoms with E-state index in [1.54, 1.807) is 49.3 Å². The minimum Gasteiger partial charge on any atom is -0.507 e. The zero-order valence-corrected chi connectivity index (χ0v) is 25.9. The van der Waals surface area contributed by atoms with E-state index >= 15 is 0 Å². The summed E-state index contributed by atoms with van der Waals surface area (Å²) in [7, 11) is -1.78. The van der Waals surface area contributed by atoms with Gasteiger partial charge in [-0.3, -0.25) is 4.79 Å². The number of esters is 1. The number of amides is 1. The number of sulfone groups is 1. The van der Waals surface area contributed by atoms with Gasteiger partial charge in [-0.2, -0.15) is 0 Å². The Morgan fingerprint density at radius 3 is 2.42 bits per heavy atom. The number of ether oxygens (including phenoxy) is 2. The van der Waals surface area contributed by atoms with Crippen LogP contribution in [-0.2, 0) is 30.6 Å². The third-order valence-corrected chi connectivity index (χ3v) is 9.68. The van der Waals surface area contributed by atoms with E-state index in [-0.39, 0.29) is 22.1 Å². The number of hydrogen-bond acceptors (Lipinski definition) is 7. The van der Waals surface area contributed by atoms with Crippen LogP contribution in [0.3, 0.4) is 0 Å². The Hall–Kier alpha value is -3.82. The van der Waals surface area contributed by atoms with Gasteiger partial charge in [0.25, 0.3) is 0 Å². The summed E-state index contributed by atoms with van der Waals surface area (Å²) in [6.07, 6.45) is 3.63. The quantitative estimate of drug-likeness (QED) is 0.309. The fourth-order valence-corrected chi connectivity index (χ4v) is 6.69. The molecule has 0 bridgehead atoms. The molecule has 5 rings (SSSR count). The van der Waals surface area contributed by atoms with E-state index in [1.807, 2.05) is 24.3 Å². The molecule has 3 aromatic carbocycles. The van der Waals surface area contributed by atoms with Gasteiger partial charge < -0.3 is 19.5 Å². The van der Waals surface area contributed by atoms with Crippen molar-refractivity contribution < 1.29 is 32.6 Å². The number of carbonyl (C=O) groups is 2. The first-order valence-corrected chi connectivity index (χ1v) is 16.4. The van der Waals surface area contributed by atoms with Crippen LogP contribution in [0.15, 0.2) is 71.3 Å². The van der Waals surface area contributed by atoms with E-state index in [0.717, 1.165) is 24.0 Å². The van der Waals surface area contributed by atoms with Crippen molar-refractivity contribution in [2.45, 2.75) is 49.5 Å². The van der Waals surface area contributed by atoms with Crippen molar-refractivity contribution in [2.75, 3.05) is 26.5 Å². The van der Waals surface area contributed by atoms with Gasteiger partial charge in [0.15, 0.2) is 21.2 Å². The maximum atomic E-state index is 13.1. The predicted octanol–water partition coefficient (Wildman–Crippen LogP) is 5.94. The van der Waals surface area contributed by atoms with Crippen molar-refractivity contribution in [3.63, 3.8) is 0 Å². The van der Waals surface area contributed by atoms with Crippen molar-refractivity contribution in [3.05, 3.63) is 88.1 Å². The second-order valence-corrected chi connectivity index (χ2v) is 13.6. The number of aliphatic hydroxyl groups is 1. The number of nitrogens with zero attached hydrogens (tertiary/aromatic N) is 1. The Morgan fingerprint density at radius 1 is 1.07 bits per heavy atom. The lowest BCUT2D eigenvalue weighted by atomic mass is 9.86. The highest BCUT2D eigenvalue weighted by Crippen LogP contribution is 2.45. The maximum Gasteiger partial charge on any atom is 0.343 e. The van der Waals surface area contributed by atoms with Crippen molar-refractivity contribution in [3.8, 4) is 16.9 Å². The van der Waals surface area contributed by atoms with Gasteiger partial charge in [-0.15, -0.1) is 0 Å². The van der Waals surface area contributed by atoms with Crippen molar-refractivity contribution in [1.29, 1.82) is 0 Å². The van der Waals surface area contributed by atoms with Gasteiger partial charge in [0.05, 0.1) is 12.0 Å². The number of aryl methyl sites for hydroxylation is 2. The van der Waals surface area contributed by atoms with E-state index in [2.05, 4.69) is 0 Å². The van der Waals surface area contributed by atoms with Gasteiger partial charge in [-0.25, -0.2) is 13.2 Å². The van der Waals surface area contributed by atoms with Crippen LogP contribution in [0, 0.1) is 6.92 Å². The van der Waals surface area contributed by atoms with Crippen LogP contribution >= 0.6 is 11.6 Å². The Morgan fingerprint density at radius 2 is 1.77 bits per heavy atom. The molecule has 10 heteroatoms. The number of benzene rings is 3. The highest BCUT2D eigenvalue weighted by molar-refractivity contribution is 7.90. The third kappa shape index (κ3) is 6.28. The molecule has 3 aromatic rings. The molecule has 0 aromatic heterocycles. The number of halogens is 1. The highest BCUT2D eigenvalue weighted by atomic mass is 35.5. The zero-order valence-electron chi connectivity index (χ0n) is 24.4. The number of hydrogen-bond donors (Lipinski definition) is 1. The van der Waals surface area contributed by atoms with Gasteiger partial charge in [-0.1, -0.05) is 35.9 Å². The topological polar surface area (TPSA) is 110 Å². The predicted molar refractivity (Wildman–Crippen MR) is 165 cm³/mol. The SMILES string of the molecule is COc1ccc(CCCC(=O)N2CCC3(CC2)OC(=O)C(c2cc(Cl)c(-c4cccc(S(C)(=O)=O)c4)cc2C)=C3O)cc1. The molecule has 43 heavy (non-hydrogen) atoms. The molecule has 226 valence electrons. The van der Waals surface area contributed by atoms with Gasteiger partial charge in [-0.05, 0) is 78.4 Å². The van der Waals surface area contributed by atoms with Gasteiger partial charge >= 0.3 is 5.97 Å². The summed E-state index contributed by atoms with van der Waals surface area (Å²) in [6.45, 7) is 2.52. The molecular weight excluding hydrogens is 590 g/mol. The van der Waals surface area contributed by atoms with Crippen LogP contribution < -0.4 is 4.74 Å². The van der Waals surface area contributed by atoms with Gasteiger partial charge in [0.2, 0.25) is 5.91 Å². The average molecular weight is 624 g/mol. The molecule has 1 N–H and O–H groups in total. The fraction of sp³-hybridized carbons (Fsp3) is 0.333. The van der Waals surface area contributed by atoms with Gasteiger partial charge in [0, 0.05) is 49.2 Å². The normalized spacial score (nSPS) is 16.5. The smallest absolute Gasteiger partial charge is 0.343 e. The lowest BCUT2D eigenvalue weighted by Crippen LogP contribution is -2.48. The molecule has 0 saturated carbocycles. The molecule has 2 aliphatic heterocycles. The lowest BCUT2D eigenvalue weighted by Gasteiger charge is -2.38. The maximum absolute atomic E-state index is 13.1. The number of piperidine rings is 1. The second kappa shape index (κ2) is 12.1.